The number of carbonyl (C=O) groups excluding carboxylic acids is 1. The van der Waals surface area contributed by atoms with E-state index in [1.807, 2.05) is 24.3 Å². The first-order chi connectivity index (χ1) is 13.7. The molecule has 0 bridgehead atoms. The number of rotatable bonds is 8. The van der Waals surface area contributed by atoms with Crippen molar-refractivity contribution in [2.75, 3.05) is 13.2 Å². The van der Waals surface area contributed by atoms with Crippen LogP contribution in [0.5, 0.6) is 5.88 Å². The maximum absolute atomic E-state index is 12.5. The smallest absolute Gasteiger partial charge is 0.242 e. The number of pyridine rings is 1. The fourth-order valence-electron chi connectivity index (χ4n) is 3.60. The summed E-state index contributed by atoms with van der Waals surface area (Å²) in [6, 6.07) is 12.0. The van der Waals surface area contributed by atoms with E-state index in [2.05, 4.69) is 34.2 Å². The number of H-pyrrole nitrogens is 1. The van der Waals surface area contributed by atoms with Crippen molar-refractivity contribution in [3.8, 4) is 5.88 Å². The maximum Gasteiger partial charge on any atom is 0.242 e. The molecule has 0 radical (unpaired) electrons. The van der Waals surface area contributed by atoms with Crippen molar-refractivity contribution in [2.45, 2.75) is 44.6 Å². The first kappa shape index (κ1) is 18.6. The molecule has 1 aliphatic rings. The predicted octanol–water partition coefficient (Wildman–Crippen LogP) is 3.82. The van der Waals surface area contributed by atoms with Gasteiger partial charge < -0.3 is 9.47 Å². The van der Waals surface area contributed by atoms with E-state index in [-0.39, 0.29) is 17.8 Å². The van der Waals surface area contributed by atoms with Crippen molar-refractivity contribution in [3.63, 3.8) is 0 Å². The van der Waals surface area contributed by atoms with Crippen LogP contribution in [0.3, 0.4) is 0 Å². The molecule has 2 atom stereocenters. The molecule has 146 valence electrons. The number of aromatic amines is 1. The zero-order chi connectivity index (χ0) is 19.3. The molecule has 1 aliphatic heterocycles. The van der Waals surface area contributed by atoms with Gasteiger partial charge in [-0.15, -0.1) is 5.10 Å². The van der Waals surface area contributed by atoms with E-state index in [4.69, 9.17) is 9.47 Å². The molecule has 1 unspecified atom stereocenters. The lowest BCUT2D eigenvalue weighted by molar-refractivity contribution is -0.118. The summed E-state index contributed by atoms with van der Waals surface area (Å²) in [7, 11) is 0. The van der Waals surface area contributed by atoms with Crippen LogP contribution >= 0.6 is 0 Å². The summed E-state index contributed by atoms with van der Waals surface area (Å²) in [4.78, 5) is 16.9. The molecule has 6 nitrogen and oxygen atoms in total. The van der Waals surface area contributed by atoms with E-state index in [0.29, 0.717) is 25.3 Å². The second-order valence-electron chi connectivity index (χ2n) is 7.43. The molecule has 6 heteroatoms. The van der Waals surface area contributed by atoms with E-state index in [0.717, 1.165) is 36.0 Å². The third-order valence-corrected chi connectivity index (χ3v) is 5.18. The van der Waals surface area contributed by atoms with Gasteiger partial charge in [0.25, 0.3) is 0 Å². The van der Waals surface area contributed by atoms with Gasteiger partial charge in [0, 0.05) is 31.3 Å². The molecule has 28 heavy (non-hydrogen) atoms. The Morgan fingerprint density at radius 3 is 3.00 bits per heavy atom. The van der Waals surface area contributed by atoms with Crippen LogP contribution in [0.25, 0.3) is 10.9 Å². The molecule has 1 fully saturated rings. The summed E-state index contributed by atoms with van der Waals surface area (Å²) in [6.45, 7) is 3.38. The van der Waals surface area contributed by atoms with Gasteiger partial charge in [0.1, 0.15) is 12.4 Å². The molecular weight excluding hydrogens is 354 g/mol. The Hall–Kier alpha value is -2.73. The highest BCUT2D eigenvalue weighted by Gasteiger charge is 2.18. The van der Waals surface area contributed by atoms with Gasteiger partial charge >= 0.3 is 0 Å². The van der Waals surface area contributed by atoms with Gasteiger partial charge in [-0.05, 0) is 30.4 Å². The molecule has 0 amide bonds. The number of ketones is 1. The Morgan fingerprint density at radius 1 is 1.36 bits per heavy atom. The van der Waals surface area contributed by atoms with E-state index in [1.165, 1.54) is 5.56 Å². The number of nitrogens with zero attached hydrogens (tertiary/aromatic N) is 2. The lowest BCUT2D eigenvalue weighted by Crippen LogP contribution is -2.16. The van der Waals surface area contributed by atoms with Crippen LogP contribution in [0.2, 0.25) is 0 Å². The van der Waals surface area contributed by atoms with Gasteiger partial charge in [0.2, 0.25) is 5.88 Å². The molecule has 1 N–H and O–H groups in total. The van der Waals surface area contributed by atoms with Gasteiger partial charge in [-0.2, -0.15) is 0 Å². The lowest BCUT2D eigenvalue weighted by Gasteiger charge is -2.11. The quantitative estimate of drug-likeness (QED) is 0.644. The zero-order valence-corrected chi connectivity index (χ0v) is 16.1. The number of benzene rings is 1. The lowest BCUT2D eigenvalue weighted by atomic mass is 9.94. The molecule has 0 spiro atoms. The number of hydrogen-bond acceptors (Lipinski definition) is 5. The summed E-state index contributed by atoms with van der Waals surface area (Å²) in [5.74, 6) is 0.911. The molecule has 0 aliphatic carbocycles. The van der Waals surface area contributed by atoms with Crippen molar-refractivity contribution >= 4 is 16.7 Å². The Balaban J connectivity index is 1.37. The minimum atomic E-state index is 0.142. The van der Waals surface area contributed by atoms with Crippen molar-refractivity contribution in [2.24, 2.45) is 0 Å². The SMILES string of the molecule is C[C@@H](CC(=O)Cc1cc2[nH]nc(OCC3CCCO3)c2cn1)c1ccccc1. The second-order valence-corrected chi connectivity index (χ2v) is 7.43. The minimum Gasteiger partial charge on any atom is -0.473 e. The number of aromatic nitrogens is 3. The van der Waals surface area contributed by atoms with Crippen LogP contribution in [0.1, 0.15) is 43.4 Å². The molecule has 1 saturated heterocycles. The Morgan fingerprint density at radius 2 is 2.21 bits per heavy atom. The van der Waals surface area contributed by atoms with Crippen molar-refractivity contribution < 1.29 is 14.3 Å². The molecule has 3 heterocycles. The first-order valence-corrected chi connectivity index (χ1v) is 9.83. The average molecular weight is 379 g/mol. The van der Waals surface area contributed by atoms with Crippen LogP contribution in [-0.2, 0) is 16.0 Å². The Kier molecular flexibility index (Phi) is 5.67. The summed E-state index contributed by atoms with van der Waals surface area (Å²) in [5, 5.41) is 8.04. The monoisotopic (exact) mass is 379 g/mol. The van der Waals surface area contributed by atoms with E-state index in [1.54, 1.807) is 6.20 Å². The van der Waals surface area contributed by atoms with Crippen molar-refractivity contribution in [3.05, 3.63) is 53.9 Å². The van der Waals surface area contributed by atoms with Gasteiger partial charge in [-0.1, -0.05) is 37.3 Å². The molecule has 2 aromatic heterocycles. The summed E-state index contributed by atoms with van der Waals surface area (Å²) >= 11 is 0. The minimum absolute atomic E-state index is 0.142. The summed E-state index contributed by atoms with van der Waals surface area (Å²) in [5.41, 5.74) is 2.75. The maximum atomic E-state index is 12.5. The van der Waals surface area contributed by atoms with Gasteiger partial charge in [0.05, 0.1) is 17.0 Å². The number of nitrogens with one attached hydrogen (secondary N) is 1. The van der Waals surface area contributed by atoms with E-state index < -0.39 is 0 Å². The Bertz CT molecular complexity index is 933. The van der Waals surface area contributed by atoms with Crippen molar-refractivity contribution in [1.82, 2.24) is 15.2 Å². The topological polar surface area (TPSA) is 77.1 Å². The highest BCUT2D eigenvalue weighted by atomic mass is 16.5. The van der Waals surface area contributed by atoms with Gasteiger partial charge in [-0.3, -0.25) is 14.9 Å². The molecule has 3 aromatic rings. The number of hydrogen-bond donors (Lipinski definition) is 1. The number of carbonyl (C=O) groups is 1. The third kappa shape index (κ3) is 4.39. The normalized spacial score (nSPS) is 17.7. The van der Waals surface area contributed by atoms with Gasteiger partial charge in [-0.25, -0.2) is 0 Å². The fourth-order valence-corrected chi connectivity index (χ4v) is 3.60. The summed E-state index contributed by atoms with van der Waals surface area (Å²) < 4.78 is 11.4. The number of Topliss-reactive ketones (excluding diaryl/α,β-unsaturated/α-hetero) is 1. The number of ether oxygens (including phenoxy) is 2. The second kappa shape index (κ2) is 8.52. The predicted molar refractivity (Wildman–Crippen MR) is 107 cm³/mol. The third-order valence-electron chi connectivity index (χ3n) is 5.18. The van der Waals surface area contributed by atoms with Crippen LogP contribution in [0, 0.1) is 0 Å². The Labute approximate surface area is 164 Å². The van der Waals surface area contributed by atoms with Gasteiger partial charge in [0.15, 0.2) is 0 Å². The molecule has 4 rings (SSSR count). The summed E-state index contributed by atoms with van der Waals surface area (Å²) in [6.07, 6.45) is 4.79. The van der Waals surface area contributed by atoms with Crippen LogP contribution in [0.15, 0.2) is 42.6 Å². The molecule has 1 aromatic carbocycles. The fraction of sp³-hybridized carbons (Fsp3) is 0.409. The molecule has 0 saturated carbocycles. The van der Waals surface area contributed by atoms with Crippen LogP contribution in [0.4, 0.5) is 0 Å². The average Bonchev–Trinajstić information content (AvgIpc) is 3.36. The highest BCUT2D eigenvalue weighted by Crippen LogP contribution is 2.24. The number of fused-ring (bicyclic) bond motifs is 1. The van der Waals surface area contributed by atoms with Crippen LogP contribution in [-0.4, -0.2) is 40.3 Å². The van der Waals surface area contributed by atoms with Crippen LogP contribution < -0.4 is 4.74 Å². The zero-order valence-electron chi connectivity index (χ0n) is 16.1. The molecular formula is C22H25N3O3. The van der Waals surface area contributed by atoms with E-state index in [9.17, 15) is 4.79 Å². The van der Waals surface area contributed by atoms with E-state index >= 15 is 0 Å². The first-order valence-electron chi connectivity index (χ1n) is 9.83. The largest absolute Gasteiger partial charge is 0.473 e. The highest BCUT2D eigenvalue weighted by molar-refractivity contribution is 5.85. The van der Waals surface area contributed by atoms with Crippen molar-refractivity contribution in [1.29, 1.82) is 0 Å². The standard InChI is InChI=1S/C22H25N3O3/c1-15(16-6-3-2-4-7-16)10-18(26)11-17-12-21-20(13-23-17)22(25-24-21)28-14-19-8-5-9-27-19/h2-4,6-7,12-13,15,19H,5,8-11,14H2,1H3,(H,24,25)/t15-,19?/m0/s1.